The lowest BCUT2D eigenvalue weighted by molar-refractivity contribution is -0.385. The van der Waals surface area contributed by atoms with Crippen molar-refractivity contribution in [1.82, 2.24) is 9.80 Å². The largest absolute Gasteiger partial charge is 0.341 e. The van der Waals surface area contributed by atoms with Gasteiger partial charge in [0.2, 0.25) is 5.91 Å². The molecule has 3 rings (SSSR count). The fourth-order valence-electron chi connectivity index (χ4n) is 4.35. The molecule has 2 fully saturated rings. The maximum Gasteiger partial charge on any atom is 0.273 e. The van der Waals surface area contributed by atoms with Crippen LogP contribution in [0.25, 0.3) is 0 Å². The van der Waals surface area contributed by atoms with Gasteiger partial charge in [0.05, 0.1) is 11.3 Å². The Morgan fingerprint density at radius 2 is 1.88 bits per heavy atom. The first kappa shape index (κ1) is 17.9. The number of carbonyl (C=O) groups is 1. The summed E-state index contributed by atoms with van der Waals surface area (Å²) in [6.07, 6.45) is 7.14. The van der Waals surface area contributed by atoms with Crippen molar-refractivity contribution in [1.29, 1.82) is 0 Å². The molecule has 1 saturated carbocycles. The Morgan fingerprint density at radius 3 is 2.60 bits per heavy atom. The van der Waals surface area contributed by atoms with Gasteiger partial charge in [0, 0.05) is 30.8 Å². The van der Waals surface area contributed by atoms with Gasteiger partial charge in [-0.3, -0.25) is 19.8 Å². The topological polar surface area (TPSA) is 66.7 Å². The molecule has 1 amide bonds. The van der Waals surface area contributed by atoms with Crippen molar-refractivity contribution in [3.05, 3.63) is 39.9 Å². The van der Waals surface area contributed by atoms with Crippen molar-refractivity contribution in [2.45, 2.75) is 57.0 Å². The molecule has 136 valence electrons. The molecule has 6 heteroatoms. The van der Waals surface area contributed by atoms with Crippen LogP contribution in [-0.2, 0) is 11.2 Å². The maximum atomic E-state index is 12.8. The number of benzene rings is 1. The number of hydrogen-bond donors (Lipinski definition) is 0. The molecule has 1 aliphatic heterocycles. The number of likely N-dealkylation sites (tertiary alicyclic amines) is 1. The summed E-state index contributed by atoms with van der Waals surface area (Å²) in [6, 6.07) is 7.21. The lowest BCUT2D eigenvalue weighted by atomic mass is 9.88. The number of para-hydroxylation sites is 1. The summed E-state index contributed by atoms with van der Waals surface area (Å²) < 4.78 is 0. The van der Waals surface area contributed by atoms with Crippen LogP contribution in [0.15, 0.2) is 24.3 Å². The highest BCUT2D eigenvalue weighted by Crippen LogP contribution is 2.29. The van der Waals surface area contributed by atoms with E-state index in [9.17, 15) is 14.9 Å². The van der Waals surface area contributed by atoms with Crippen LogP contribution in [0.2, 0.25) is 0 Å². The van der Waals surface area contributed by atoms with E-state index >= 15 is 0 Å². The van der Waals surface area contributed by atoms with Crippen molar-refractivity contribution >= 4 is 11.6 Å². The molecule has 1 aromatic carbocycles. The minimum atomic E-state index is -0.406. The van der Waals surface area contributed by atoms with Crippen molar-refractivity contribution < 1.29 is 9.72 Å². The summed E-state index contributed by atoms with van der Waals surface area (Å²) >= 11 is 0. The number of nitro benzene ring substituents is 1. The molecule has 0 radical (unpaired) electrons. The van der Waals surface area contributed by atoms with Gasteiger partial charge in [0.1, 0.15) is 0 Å². The molecule has 1 heterocycles. The number of likely N-dealkylation sites (N-methyl/N-ethyl adjacent to an activating group) is 1. The van der Waals surface area contributed by atoms with Crippen LogP contribution in [0.5, 0.6) is 0 Å². The van der Waals surface area contributed by atoms with E-state index in [0.29, 0.717) is 11.6 Å². The van der Waals surface area contributed by atoms with Gasteiger partial charge in [0.15, 0.2) is 0 Å². The van der Waals surface area contributed by atoms with E-state index in [1.54, 1.807) is 18.2 Å². The molecule has 2 aliphatic rings. The van der Waals surface area contributed by atoms with Gasteiger partial charge >= 0.3 is 0 Å². The van der Waals surface area contributed by atoms with Crippen LogP contribution in [0.1, 0.15) is 44.1 Å². The number of nitrogens with zero attached hydrogens (tertiary/aromatic N) is 3. The molecule has 0 aromatic heterocycles. The van der Waals surface area contributed by atoms with Gasteiger partial charge in [-0.05, 0) is 38.8 Å². The van der Waals surface area contributed by atoms with E-state index in [1.165, 1.54) is 25.3 Å². The molecule has 6 nitrogen and oxygen atoms in total. The second-order valence-electron chi connectivity index (χ2n) is 7.23. The third-order valence-corrected chi connectivity index (χ3v) is 5.72. The highest BCUT2D eigenvalue weighted by Gasteiger charge is 2.35. The van der Waals surface area contributed by atoms with Crippen LogP contribution in [0.4, 0.5) is 5.69 Å². The second kappa shape index (κ2) is 7.95. The van der Waals surface area contributed by atoms with Crippen LogP contribution in [0.3, 0.4) is 0 Å². The van der Waals surface area contributed by atoms with Gasteiger partial charge in [-0.1, -0.05) is 31.0 Å². The van der Waals surface area contributed by atoms with Crippen LogP contribution in [-0.4, -0.2) is 52.9 Å². The van der Waals surface area contributed by atoms with Crippen molar-refractivity contribution in [3.8, 4) is 0 Å². The quantitative estimate of drug-likeness (QED) is 0.608. The lowest BCUT2D eigenvalue weighted by Gasteiger charge is -2.42. The summed E-state index contributed by atoms with van der Waals surface area (Å²) in [5, 5.41) is 11.2. The third-order valence-electron chi connectivity index (χ3n) is 5.72. The minimum absolute atomic E-state index is 0.0228. The Labute approximate surface area is 148 Å². The Hall–Kier alpha value is -1.95. The van der Waals surface area contributed by atoms with Crippen LogP contribution in [0, 0.1) is 10.1 Å². The van der Waals surface area contributed by atoms with E-state index in [2.05, 4.69) is 4.90 Å². The standard InChI is InChI=1S/C19H27N3O3/c1-20(17-10-4-5-11-18(17)21-12-6-7-13-21)19(23)14-15-8-2-3-9-16(15)22(24)25/h2-3,8-9,17-18H,4-7,10-14H2,1H3/t17-,18-/m0/s1. The van der Waals surface area contributed by atoms with E-state index in [0.717, 1.165) is 32.4 Å². The number of rotatable bonds is 5. The summed E-state index contributed by atoms with van der Waals surface area (Å²) in [4.78, 5) is 28.0. The average Bonchev–Trinajstić information content (AvgIpc) is 3.16. The van der Waals surface area contributed by atoms with E-state index in [1.807, 2.05) is 11.9 Å². The zero-order valence-corrected chi connectivity index (χ0v) is 14.9. The van der Waals surface area contributed by atoms with Crippen molar-refractivity contribution in [2.24, 2.45) is 0 Å². The smallest absolute Gasteiger partial charge is 0.273 e. The second-order valence-corrected chi connectivity index (χ2v) is 7.23. The summed E-state index contributed by atoms with van der Waals surface area (Å²) in [5.74, 6) is -0.0228. The molecule has 0 N–H and O–H groups in total. The molecule has 0 unspecified atom stereocenters. The minimum Gasteiger partial charge on any atom is -0.341 e. The Balaban J connectivity index is 1.71. The number of nitro groups is 1. The first-order valence-electron chi connectivity index (χ1n) is 9.30. The third kappa shape index (κ3) is 4.00. The maximum absolute atomic E-state index is 12.8. The fourth-order valence-corrected chi connectivity index (χ4v) is 4.35. The monoisotopic (exact) mass is 345 g/mol. The van der Waals surface area contributed by atoms with Crippen molar-refractivity contribution in [2.75, 3.05) is 20.1 Å². The molecule has 1 aromatic rings. The Morgan fingerprint density at radius 1 is 1.20 bits per heavy atom. The molecule has 1 saturated heterocycles. The normalized spacial score (nSPS) is 24.2. The Bertz CT molecular complexity index is 628. The first-order valence-corrected chi connectivity index (χ1v) is 9.30. The molecular weight excluding hydrogens is 318 g/mol. The molecule has 0 spiro atoms. The van der Waals surface area contributed by atoms with Gasteiger partial charge in [-0.15, -0.1) is 0 Å². The van der Waals surface area contributed by atoms with Gasteiger partial charge in [-0.2, -0.15) is 0 Å². The summed E-state index contributed by atoms with van der Waals surface area (Å²) in [6.45, 7) is 2.26. The molecule has 25 heavy (non-hydrogen) atoms. The van der Waals surface area contributed by atoms with Crippen LogP contribution < -0.4 is 0 Å². The fraction of sp³-hybridized carbons (Fsp3) is 0.632. The van der Waals surface area contributed by atoms with Gasteiger partial charge in [-0.25, -0.2) is 0 Å². The predicted octanol–water partition coefficient (Wildman–Crippen LogP) is 3.00. The average molecular weight is 345 g/mol. The van der Waals surface area contributed by atoms with Gasteiger partial charge < -0.3 is 4.90 Å². The van der Waals surface area contributed by atoms with Crippen LogP contribution >= 0.6 is 0 Å². The predicted molar refractivity (Wildman–Crippen MR) is 96.4 cm³/mol. The zero-order valence-electron chi connectivity index (χ0n) is 14.9. The molecule has 0 bridgehead atoms. The highest BCUT2D eigenvalue weighted by molar-refractivity contribution is 5.80. The number of carbonyl (C=O) groups excluding carboxylic acids is 1. The SMILES string of the molecule is CN(C(=O)Cc1ccccc1[N+](=O)[O-])[C@H]1CCCC[C@@H]1N1CCCC1. The number of amides is 1. The van der Waals surface area contributed by atoms with E-state index in [-0.39, 0.29) is 24.1 Å². The van der Waals surface area contributed by atoms with E-state index in [4.69, 9.17) is 0 Å². The lowest BCUT2D eigenvalue weighted by Crippen LogP contribution is -2.53. The zero-order chi connectivity index (χ0) is 17.8. The van der Waals surface area contributed by atoms with Gasteiger partial charge in [0.25, 0.3) is 5.69 Å². The number of hydrogen-bond acceptors (Lipinski definition) is 4. The molecular formula is C19H27N3O3. The highest BCUT2D eigenvalue weighted by atomic mass is 16.6. The van der Waals surface area contributed by atoms with Crippen molar-refractivity contribution in [3.63, 3.8) is 0 Å². The molecule has 1 aliphatic carbocycles. The van der Waals surface area contributed by atoms with E-state index < -0.39 is 4.92 Å². The first-order chi connectivity index (χ1) is 12.1. The summed E-state index contributed by atoms with van der Waals surface area (Å²) in [7, 11) is 1.87. The molecule has 2 atom stereocenters. The summed E-state index contributed by atoms with van der Waals surface area (Å²) in [5.41, 5.74) is 0.530. The Kier molecular flexibility index (Phi) is 5.68.